The number of benzene rings is 1. The van der Waals surface area contributed by atoms with Gasteiger partial charge in [0.15, 0.2) is 0 Å². The summed E-state index contributed by atoms with van der Waals surface area (Å²) in [7, 11) is 0. The van der Waals surface area contributed by atoms with Crippen LogP contribution in [0.15, 0.2) is 70.6 Å². The van der Waals surface area contributed by atoms with Gasteiger partial charge in [0.2, 0.25) is 5.78 Å². The van der Waals surface area contributed by atoms with E-state index in [2.05, 4.69) is 14.9 Å². The number of aromatic amines is 1. The Balaban J connectivity index is 1.57. The van der Waals surface area contributed by atoms with E-state index in [1.54, 1.807) is 6.07 Å². The van der Waals surface area contributed by atoms with Gasteiger partial charge < -0.3 is 9.47 Å². The number of carbonyl (C=O) groups is 1. The van der Waals surface area contributed by atoms with E-state index < -0.39 is 42.1 Å². The minimum atomic E-state index is -0.888. The molecule has 1 aromatic carbocycles. The van der Waals surface area contributed by atoms with Gasteiger partial charge in [0, 0.05) is 30.6 Å². The van der Waals surface area contributed by atoms with Gasteiger partial charge in [0.25, 0.3) is 5.56 Å². The number of ether oxygens (including phenoxy) is 2. The van der Waals surface area contributed by atoms with Crippen LogP contribution in [-0.2, 0) is 21.0 Å². The van der Waals surface area contributed by atoms with E-state index in [9.17, 15) is 18.9 Å². The molecule has 0 aliphatic carbocycles. The van der Waals surface area contributed by atoms with Crippen LogP contribution < -0.4 is 11.2 Å². The first-order valence-electron chi connectivity index (χ1n) is 9.91. The van der Waals surface area contributed by atoms with Crippen molar-refractivity contribution < 1.29 is 23.7 Å². The maximum Gasteiger partial charge on any atom is 0.330 e. The van der Waals surface area contributed by atoms with Crippen LogP contribution in [-0.4, -0.2) is 39.1 Å². The zero-order valence-corrected chi connectivity index (χ0v) is 16.8. The zero-order chi connectivity index (χ0) is 22.5. The number of pyridine rings is 1. The predicted octanol–water partition coefficient (Wildman–Crippen LogP) is 1.94. The summed E-state index contributed by atoms with van der Waals surface area (Å²) in [5.41, 5.74) is -0.706. The Labute approximate surface area is 181 Å². The normalized spacial score (nSPS) is 20.3. The molecule has 1 aliphatic heterocycles. The Morgan fingerprint density at radius 3 is 2.75 bits per heavy atom. The Hall–Kier alpha value is -3.47. The highest BCUT2D eigenvalue weighted by molar-refractivity contribution is 6.08. The summed E-state index contributed by atoms with van der Waals surface area (Å²) in [5.74, 6) is -0.591. The Morgan fingerprint density at radius 1 is 1.22 bits per heavy atom. The quantitative estimate of drug-likeness (QED) is 0.532. The lowest BCUT2D eigenvalue weighted by atomic mass is 10.1. The van der Waals surface area contributed by atoms with Crippen LogP contribution in [0.4, 0.5) is 4.53 Å². The summed E-state index contributed by atoms with van der Waals surface area (Å²) < 4.78 is 25.4. The average Bonchev–Trinajstić information content (AvgIpc) is 3.21. The van der Waals surface area contributed by atoms with E-state index in [0.29, 0.717) is 0 Å². The summed E-state index contributed by atoms with van der Waals surface area (Å²) in [6.45, 7) is -0.134. The highest BCUT2D eigenvalue weighted by Gasteiger charge is 2.38. The third kappa shape index (κ3) is 4.72. The first-order valence-corrected chi connectivity index (χ1v) is 9.91. The second kappa shape index (κ2) is 9.77. The summed E-state index contributed by atoms with van der Waals surface area (Å²) in [6, 6.07) is 12.5. The van der Waals surface area contributed by atoms with Gasteiger partial charge in [-0.3, -0.25) is 24.1 Å². The number of nitrogens with one attached hydrogen (secondary N) is 1. The second-order valence-corrected chi connectivity index (χ2v) is 7.26. The Bertz CT molecular complexity index is 1180. The predicted molar refractivity (Wildman–Crippen MR) is 110 cm³/mol. The molecule has 4 rings (SSSR count). The molecule has 1 saturated heterocycles. The fourth-order valence-corrected chi connectivity index (χ4v) is 3.55. The Morgan fingerprint density at radius 2 is 2.03 bits per heavy atom. The third-order valence-electron chi connectivity index (χ3n) is 5.16. The van der Waals surface area contributed by atoms with Crippen LogP contribution in [0.25, 0.3) is 0 Å². The van der Waals surface area contributed by atoms with Crippen molar-refractivity contribution in [1.82, 2.24) is 14.5 Å². The summed E-state index contributed by atoms with van der Waals surface area (Å²) >= 11 is 0. The molecule has 0 saturated carbocycles. The van der Waals surface area contributed by atoms with E-state index in [0.717, 1.165) is 16.3 Å². The lowest BCUT2D eigenvalue weighted by molar-refractivity contribution is -0.181. The molecule has 0 radical (unpaired) electrons. The van der Waals surface area contributed by atoms with Gasteiger partial charge >= 0.3 is 5.69 Å². The molecule has 1 fully saturated rings. The van der Waals surface area contributed by atoms with E-state index in [1.165, 1.54) is 18.5 Å². The van der Waals surface area contributed by atoms with E-state index in [4.69, 9.17) is 9.47 Å². The van der Waals surface area contributed by atoms with Gasteiger partial charge in [0.1, 0.15) is 24.5 Å². The molecule has 1 unspecified atom stereocenters. The standard InChI is InChI=1S/C22H20FN3O6/c23-31-13-18-17(30-12-14-5-2-1-3-6-14)9-19(32-18)26-11-16(21(28)25-22(26)29)20(27)15-7-4-8-24-10-15/h1-8,10-11,17-19H,9,12-13H2,(H,25,28,29)/t17?,18-,19-/m0/s1. The van der Waals surface area contributed by atoms with Crippen molar-refractivity contribution in [3.05, 3.63) is 98.6 Å². The number of ketones is 1. The van der Waals surface area contributed by atoms with E-state index in [-0.39, 0.29) is 24.2 Å². The number of hydrogen-bond acceptors (Lipinski definition) is 7. The number of carbonyl (C=O) groups excluding carboxylic acids is 1. The van der Waals surface area contributed by atoms with Gasteiger partial charge in [-0.15, -0.1) is 0 Å². The van der Waals surface area contributed by atoms with Crippen LogP contribution in [0.5, 0.6) is 0 Å². The summed E-state index contributed by atoms with van der Waals surface area (Å²) in [4.78, 5) is 47.2. The van der Waals surface area contributed by atoms with Crippen LogP contribution >= 0.6 is 0 Å². The molecule has 3 atom stereocenters. The molecule has 166 valence electrons. The summed E-state index contributed by atoms with van der Waals surface area (Å²) in [6.07, 6.45) is 1.90. The molecule has 0 bridgehead atoms. The molecule has 10 heteroatoms. The maximum atomic E-state index is 12.7. The molecule has 9 nitrogen and oxygen atoms in total. The van der Waals surface area contributed by atoms with Crippen molar-refractivity contribution in [1.29, 1.82) is 0 Å². The van der Waals surface area contributed by atoms with Crippen LogP contribution in [0.3, 0.4) is 0 Å². The molecule has 3 heterocycles. The van der Waals surface area contributed by atoms with Gasteiger partial charge in [-0.25, -0.2) is 4.79 Å². The van der Waals surface area contributed by atoms with Gasteiger partial charge in [-0.2, -0.15) is 4.94 Å². The van der Waals surface area contributed by atoms with E-state index in [1.807, 2.05) is 30.3 Å². The van der Waals surface area contributed by atoms with Gasteiger partial charge in [-0.1, -0.05) is 30.3 Å². The number of hydrogen-bond donors (Lipinski definition) is 1. The van der Waals surface area contributed by atoms with Crippen LogP contribution in [0.1, 0.15) is 34.1 Å². The van der Waals surface area contributed by atoms with Crippen molar-refractivity contribution in [3.8, 4) is 0 Å². The maximum absolute atomic E-state index is 12.7. The highest BCUT2D eigenvalue weighted by atomic mass is 19.3. The van der Waals surface area contributed by atoms with Crippen molar-refractivity contribution >= 4 is 5.78 Å². The Kier molecular flexibility index (Phi) is 6.64. The molecular weight excluding hydrogens is 421 g/mol. The number of nitrogens with zero attached hydrogens (tertiary/aromatic N) is 2. The molecule has 1 aliphatic rings. The van der Waals surface area contributed by atoms with Gasteiger partial charge in [-0.05, 0) is 22.2 Å². The lowest BCUT2D eigenvalue weighted by Gasteiger charge is -2.17. The topological polar surface area (TPSA) is 113 Å². The molecular formula is C22H20FN3O6. The average molecular weight is 441 g/mol. The smallest absolute Gasteiger partial charge is 0.330 e. The number of rotatable bonds is 8. The minimum absolute atomic E-state index is 0.188. The molecule has 2 aromatic heterocycles. The van der Waals surface area contributed by atoms with Crippen molar-refractivity contribution in [2.75, 3.05) is 6.61 Å². The molecule has 0 spiro atoms. The SMILES string of the molecule is O=C(c1cccnc1)c1cn([C@@H]2CC(OCc3ccccc3)[C@H](COF)O2)c(=O)[nH]c1=O. The first-order chi connectivity index (χ1) is 15.6. The third-order valence-corrected chi connectivity index (χ3v) is 5.16. The van der Waals surface area contributed by atoms with Crippen molar-refractivity contribution in [2.45, 2.75) is 31.5 Å². The lowest BCUT2D eigenvalue weighted by Crippen LogP contribution is -2.35. The molecule has 32 heavy (non-hydrogen) atoms. The van der Waals surface area contributed by atoms with Crippen LogP contribution in [0.2, 0.25) is 0 Å². The largest absolute Gasteiger partial charge is 0.371 e. The van der Waals surface area contributed by atoms with Crippen molar-refractivity contribution in [2.24, 2.45) is 0 Å². The van der Waals surface area contributed by atoms with Crippen LogP contribution in [0, 0.1) is 0 Å². The second-order valence-electron chi connectivity index (χ2n) is 7.26. The fourth-order valence-electron chi connectivity index (χ4n) is 3.55. The molecule has 1 N–H and O–H groups in total. The number of halogens is 1. The van der Waals surface area contributed by atoms with E-state index >= 15 is 0 Å². The van der Waals surface area contributed by atoms with Crippen molar-refractivity contribution in [3.63, 3.8) is 0 Å². The highest BCUT2D eigenvalue weighted by Crippen LogP contribution is 2.31. The monoisotopic (exact) mass is 441 g/mol. The zero-order valence-electron chi connectivity index (χ0n) is 16.8. The number of H-pyrrole nitrogens is 1. The van der Waals surface area contributed by atoms with Gasteiger partial charge in [0.05, 0.1) is 12.7 Å². The first kappa shape index (κ1) is 21.8. The summed E-state index contributed by atoms with van der Waals surface area (Å²) in [5, 5.41) is 0. The number of aromatic nitrogens is 3. The minimum Gasteiger partial charge on any atom is -0.371 e. The fraction of sp³-hybridized carbons (Fsp3) is 0.273. The molecule has 3 aromatic rings. The molecule has 0 amide bonds.